The van der Waals surface area contributed by atoms with Gasteiger partial charge in [-0.2, -0.15) is 5.10 Å². The van der Waals surface area contributed by atoms with Crippen LogP contribution in [-0.4, -0.2) is 23.0 Å². The molecule has 6 nitrogen and oxygen atoms in total. The fraction of sp³-hybridized carbons (Fsp3) is 0.0769. The second-order valence-electron chi connectivity index (χ2n) is 4.38. The topological polar surface area (TPSA) is 76.4 Å². The fourth-order valence-electron chi connectivity index (χ4n) is 1.96. The average Bonchev–Trinajstić information content (AvgIpc) is 2.80. The van der Waals surface area contributed by atoms with Crippen LogP contribution < -0.4 is 4.72 Å². The van der Waals surface area contributed by atoms with E-state index >= 15 is 0 Å². The van der Waals surface area contributed by atoms with E-state index in [1.165, 1.54) is 10.6 Å². The van der Waals surface area contributed by atoms with Crippen molar-refractivity contribution in [2.45, 2.75) is 11.8 Å². The Hall–Kier alpha value is -1.93. The van der Waals surface area contributed by atoms with Gasteiger partial charge in [0.1, 0.15) is 10.7 Å². The van der Waals surface area contributed by atoms with Crippen LogP contribution in [0.5, 0.6) is 0 Å². The first-order valence-electron chi connectivity index (χ1n) is 6.07. The van der Waals surface area contributed by atoms with Crippen molar-refractivity contribution < 1.29 is 8.42 Å². The molecule has 0 aliphatic heterocycles. The fourth-order valence-corrected chi connectivity index (χ4v) is 4.02. The van der Waals surface area contributed by atoms with Gasteiger partial charge in [0.2, 0.25) is 0 Å². The molecule has 0 radical (unpaired) electrons. The molecule has 0 spiro atoms. The second kappa shape index (κ2) is 5.12. The van der Waals surface area contributed by atoms with E-state index in [2.05, 4.69) is 30.7 Å². The molecule has 21 heavy (non-hydrogen) atoms. The van der Waals surface area contributed by atoms with E-state index in [1.54, 1.807) is 43.5 Å². The van der Waals surface area contributed by atoms with Crippen LogP contribution in [0.25, 0.3) is 5.65 Å². The summed E-state index contributed by atoms with van der Waals surface area (Å²) in [6.07, 6.45) is 1.71. The van der Waals surface area contributed by atoms with E-state index in [9.17, 15) is 8.42 Å². The molecule has 1 aromatic carbocycles. The third kappa shape index (κ3) is 2.64. The molecule has 3 aromatic rings. The molecule has 0 amide bonds. The number of aromatic nitrogens is 3. The van der Waals surface area contributed by atoms with Crippen molar-refractivity contribution in [1.82, 2.24) is 14.6 Å². The number of rotatable bonds is 3. The number of fused-ring (bicyclic) bond motifs is 1. The van der Waals surface area contributed by atoms with Gasteiger partial charge in [-0.15, -0.1) is 0 Å². The Labute approximate surface area is 130 Å². The first-order valence-corrected chi connectivity index (χ1v) is 8.34. The van der Waals surface area contributed by atoms with Gasteiger partial charge < -0.3 is 0 Å². The van der Waals surface area contributed by atoms with Crippen molar-refractivity contribution in [2.24, 2.45) is 0 Å². The first-order chi connectivity index (χ1) is 9.97. The van der Waals surface area contributed by atoms with Crippen LogP contribution in [0.2, 0.25) is 0 Å². The van der Waals surface area contributed by atoms with Crippen molar-refractivity contribution >= 4 is 37.3 Å². The summed E-state index contributed by atoms with van der Waals surface area (Å²) in [5.74, 6) is 0.572. The van der Waals surface area contributed by atoms with Crippen LogP contribution in [0.15, 0.2) is 52.0 Å². The number of anilines is 1. The van der Waals surface area contributed by atoms with Gasteiger partial charge in [0.25, 0.3) is 10.0 Å². The molecule has 0 unspecified atom stereocenters. The number of sulfonamides is 1. The number of pyridine rings is 1. The van der Waals surface area contributed by atoms with Crippen molar-refractivity contribution in [3.8, 4) is 0 Å². The molecule has 8 heteroatoms. The highest BCUT2D eigenvalue weighted by Gasteiger charge is 2.19. The zero-order valence-electron chi connectivity index (χ0n) is 11.0. The van der Waals surface area contributed by atoms with E-state index in [0.717, 1.165) is 0 Å². The normalized spacial score (nSPS) is 11.7. The molecule has 1 N–H and O–H groups in total. The molecule has 0 aliphatic rings. The summed E-state index contributed by atoms with van der Waals surface area (Å²) >= 11 is 3.25. The SMILES string of the molecule is Cc1nc2c(NS(=O)(=O)c3ccccc3Br)cccn2n1. The maximum atomic E-state index is 12.5. The van der Waals surface area contributed by atoms with Crippen LogP contribution in [0, 0.1) is 6.92 Å². The molecule has 0 atom stereocenters. The maximum Gasteiger partial charge on any atom is 0.263 e. The number of nitrogens with one attached hydrogen (secondary N) is 1. The minimum Gasteiger partial charge on any atom is -0.276 e. The van der Waals surface area contributed by atoms with Crippen molar-refractivity contribution in [1.29, 1.82) is 0 Å². The van der Waals surface area contributed by atoms with Gasteiger partial charge in [-0.05, 0) is 47.1 Å². The van der Waals surface area contributed by atoms with Gasteiger partial charge in [0.05, 0.1) is 5.69 Å². The van der Waals surface area contributed by atoms with Gasteiger partial charge in [0.15, 0.2) is 5.65 Å². The Morgan fingerprint density at radius 2 is 1.95 bits per heavy atom. The Morgan fingerprint density at radius 3 is 2.71 bits per heavy atom. The van der Waals surface area contributed by atoms with Crippen molar-refractivity contribution in [2.75, 3.05) is 4.72 Å². The molecule has 2 heterocycles. The van der Waals surface area contributed by atoms with E-state index in [4.69, 9.17) is 0 Å². The van der Waals surface area contributed by atoms with Gasteiger partial charge >= 0.3 is 0 Å². The predicted octanol–water partition coefficient (Wildman–Crippen LogP) is 2.60. The van der Waals surface area contributed by atoms with Crippen LogP contribution in [0.4, 0.5) is 5.69 Å². The highest BCUT2D eigenvalue weighted by atomic mass is 79.9. The number of hydrogen-bond acceptors (Lipinski definition) is 4. The number of benzene rings is 1. The molecule has 0 fully saturated rings. The summed E-state index contributed by atoms with van der Waals surface area (Å²) in [6.45, 7) is 1.75. The van der Waals surface area contributed by atoms with Crippen molar-refractivity contribution in [3.05, 3.63) is 52.9 Å². The minimum absolute atomic E-state index is 0.170. The molecule has 0 saturated carbocycles. The van der Waals surface area contributed by atoms with Crippen LogP contribution in [-0.2, 0) is 10.0 Å². The maximum absolute atomic E-state index is 12.5. The Bertz CT molecular complexity index is 921. The lowest BCUT2D eigenvalue weighted by molar-refractivity contribution is 0.601. The average molecular weight is 367 g/mol. The molecular formula is C13H11BrN4O2S. The molecule has 3 rings (SSSR count). The monoisotopic (exact) mass is 366 g/mol. The minimum atomic E-state index is -3.70. The van der Waals surface area contributed by atoms with Gasteiger partial charge in [-0.3, -0.25) is 4.72 Å². The van der Waals surface area contributed by atoms with E-state index < -0.39 is 10.0 Å². The lowest BCUT2D eigenvalue weighted by Gasteiger charge is -2.09. The smallest absolute Gasteiger partial charge is 0.263 e. The number of nitrogens with zero attached hydrogens (tertiary/aromatic N) is 3. The summed E-state index contributed by atoms with van der Waals surface area (Å²) in [5.41, 5.74) is 0.847. The van der Waals surface area contributed by atoms with E-state index in [0.29, 0.717) is 21.6 Å². The molecule has 0 aliphatic carbocycles. The zero-order chi connectivity index (χ0) is 15.0. The lowest BCUT2D eigenvalue weighted by Crippen LogP contribution is -2.14. The summed E-state index contributed by atoms with van der Waals surface area (Å²) < 4.78 is 29.5. The largest absolute Gasteiger partial charge is 0.276 e. The first kappa shape index (κ1) is 14.0. The third-order valence-electron chi connectivity index (χ3n) is 2.84. The molecule has 0 bridgehead atoms. The summed E-state index contributed by atoms with van der Waals surface area (Å²) in [5, 5.41) is 4.16. The highest BCUT2D eigenvalue weighted by molar-refractivity contribution is 9.10. The summed E-state index contributed by atoms with van der Waals surface area (Å²) in [4.78, 5) is 4.40. The summed E-state index contributed by atoms with van der Waals surface area (Å²) in [7, 11) is -3.70. The van der Waals surface area contributed by atoms with E-state index in [1.807, 2.05) is 0 Å². The van der Waals surface area contributed by atoms with Crippen molar-refractivity contribution in [3.63, 3.8) is 0 Å². The quantitative estimate of drug-likeness (QED) is 0.772. The number of hydrogen-bond donors (Lipinski definition) is 1. The van der Waals surface area contributed by atoms with Crippen LogP contribution >= 0.6 is 15.9 Å². The third-order valence-corrected chi connectivity index (χ3v) is 5.22. The predicted molar refractivity (Wildman–Crippen MR) is 82.7 cm³/mol. The Kier molecular flexibility index (Phi) is 3.42. The Balaban J connectivity index is 2.08. The Morgan fingerprint density at radius 1 is 1.19 bits per heavy atom. The highest BCUT2D eigenvalue weighted by Crippen LogP contribution is 2.25. The van der Waals surface area contributed by atoms with Crippen LogP contribution in [0.3, 0.4) is 0 Å². The molecular weight excluding hydrogens is 356 g/mol. The number of halogens is 1. The molecule has 108 valence electrons. The lowest BCUT2D eigenvalue weighted by atomic mass is 10.4. The number of aryl methyl sites for hydroxylation is 1. The second-order valence-corrected chi connectivity index (χ2v) is 6.89. The summed E-state index contributed by atoms with van der Waals surface area (Å²) in [6, 6.07) is 9.99. The van der Waals surface area contributed by atoms with Gasteiger partial charge in [0, 0.05) is 10.7 Å². The zero-order valence-corrected chi connectivity index (χ0v) is 13.4. The van der Waals surface area contributed by atoms with Gasteiger partial charge in [-0.1, -0.05) is 12.1 Å². The molecule has 2 aromatic heterocycles. The van der Waals surface area contributed by atoms with Gasteiger partial charge in [-0.25, -0.2) is 17.9 Å². The standard InChI is InChI=1S/C13H11BrN4O2S/c1-9-15-13-11(6-4-8-18(13)16-9)17-21(19,20)12-7-3-2-5-10(12)14/h2-8,17H,1H3. The van der Waals surface area contributed by atoms with Crippen LogP contribution in [0.1, 0.15) is 5.82 Å². The van der Waals surface area contributed by atoms with E-state index in [-0.39, 0.29) is 4.90 Å². The molecule has 0 saturated heterocycles.